The minimum atomic E-state index is -0.585. The molecule has 1 amide bonds. The Bertz CT molecular complexity index is 694. The molecule has 4 N–H and O–H groups in total. The Morgan fingerprint density at radius 3 is 3.05 bits per heavy atom. The van der Waals surface area contributed by atoms with Crippen molar-refractivity contribution in [1.82, 2.24) is 14.8 Å². The van der Waals surface area contributed by atoms with Crippen LogP contribution in [-0.4, -0.2) is 32.4 Å². The first-order valence-corrected chi connectivity index (χ1v) is 7.84. The number of hydrogen-bond acceptors (Lipinski definition) is 6. The van der Waals surface area contributed by atoms with Crippen LogP contribution in [0, 0.1) is 5.92 Å². The Labute approximate surface area is 131 Å². The number of carbonyl (C=O) groups excluding carboxylic acids is 1. The molecule has 8 heteroatoms. The second kappa shape index (κ2) is 5.90. The number of aryl methyl sites for hydroxylation is 1. The van der Waals surface area contributed by atoms with Gasteiger partial charge in [-0.1, -0.05) is 12.6 Å². The van der Waals surface area contributed by atoms with E-state index in [-0.39, 0.29) is 12.6 Å². The molecule has 22 heavy (non-hydrogen) atoms. The zero-order valence-corrected chi connectivity index (χ0v) is 12.7. The van der Waals surface area contributed by atoms with Gasteiger partial charge in [0.25, 0.3) is 0 Å². The zero-order valence-electron chi connectivity index (χ0n) is 11.9. The molecule has 3 rings (SSSR count). The third-order valence-corrected chi connectivity index (χ3v) is 4.54. The van der Waals surface area contributed by atoms with Crippen LogP contribution in [0.4, 0.5) is 5.95 Å². The van der Waals surface area contributed by atoms with Crippen LogP contribution in [-0.2, 0) is 11.2 Å². The van der Waals surface area contributed by atoms with Crippen LogP contribution >= 0.6 is 11.3 Å². The molecule has 0 bridgehead atoms. The summed E-state index contributed by atoms with van der Waals surface area (Å²) >= 11 is 1.54. The molecule has 3 heterocycles. The van der Waals surface area contributed by atoms with Gasteiger partial charge in [-0.2, -0.15) is 10.1 Å². The van der Waals surface area contributed by atoms with Gasteiger partial charge in [-0.15, -0.1) is 11.3 Å². The van der Waals surface area contributed by atoms with Crippen molar-refractivity contribution in [3.63, 3.8) is 0 Å². The SMILES string of the molecule is C=C1Nc2nc(CCCO)nn2[C@@H](c2cccs2)[C@@H]1C(N)=O. The van der Waals surface area contributed by atoms with Gasteiger partial charge in [0.15, 0.2) is 5.82 Å². The third kappa shape index (κ3) is 2.51. The maximum absolute atomic E-state index is 11.9. The van der Waals surface area contributed by atoms with Crippen molar-refractivity contribution in [2.45, 2.75) is 18.9 Å². The van der Waals surface area contributed by atoms with Crippen LogP contribution in [0.1, 0.15) is 23.2 Å². The molecule has 0 fully saturated rings. The molecule has 2 atom stereocenters. The second-order valence-corrected chi connectivity index (χ2v) is 6.09. The van der Waals surface area contributed by atoms with Gasteiger partial charge >= 0.3 is 0 Å². The van der Waals surface area contributed by atoms with Crippen molar-refractivity contribution in [3.8, 4) is 0 Å². The molecular formula is C14H17N5O2S. The van der Waals surface area contributed by atoms with E-state index in [1.807, 2.05) is 17.5 Å². The van der Waals surface area contributed by atoms with Crippen LogP contribution in [0.15, 0.2) is 29.8 Å². The lowest BCUT2D eigenvalue weighted by molar-refractivity contribution is -0.121. The number of hydrogen-bond donors (Lipinski definition) is 3. The minimum absolute atomic E-state index is 0.0856. The van der Waals surface area contributed by atoms with Gasteiger partial charge in [0.05, 0.1) is 0 Å². The average molecular weight is 319 g/mol. The molecule has 0 unspecified atom stereocenters. The van der Waals surface area contributed by atoms with E-state index in [1.54, 1.807) is 4.68 Å². The summed E-state index contributed by atoms with van der Waals surface area (Å²) in [7, 11) is 0. The molecule has 2 aromatic heterocycles. The van der Waals surface area contributed by atoms with E-state index in [0.29, 0.717) is 30.3 Å². The third-order valence-electron chi connectivity index (χ3n) is 3.60. The number of amides is 1. The molecule has 0 saturated carbocycles. The number of nitrogens with two attached hydrogens (primary N) is 1. The fourth-order valence-electron chi connectivity index (χ4n) is 2.61. The standard InChI is InChI=1S/C14H17N5O2S/c1-8-11(13(15)21)12(9-4-3-7-22-9)19-14(16-8)17-10(18-19)5-2-6-20/h3-4,7,11-12,20H,1-2,5-6H2,(H2,15,21)(H,16,17,18)/t11-,12+/m1/s1. The fourth-order valence-corrected chi connectivity index (χ4v) is 3.46. The van der Waals surface area contributed by atoms with E-state index in [9.17, 15) is 4.79 Å². The highest BCUT2D eigenvalue weighted by Gasteiger charge is 2.39. The van der Waals surface area contributed by atoms with Gasteiger partial charge in [-0.3, -0.25) is 4.79 Å². The number of carbonyl (C=O) groups is 1. The van der Waals surface area contributed by atoms with Crippen molar-refractivity contribution < 1.29 is 9.90 Å². The number of thiophene rings is 1. The van der Waals surface area contributed by atoms with Crippen LogP contribution in [0.3, 0.4) is 0 Å². The smallest absolute Gasteiger partial charge is 0.229 e. The summed E-state index contributed by atoms with van der Waals surface area (Å²) < 4.78 is 1.70. The Kier molecular flexibility index (Phi) is 3.95. The molecular weight excluding hydrogens is 302 g/mol. The highest BCUT2D eigenvalue weighted by atomic mass is 32.1. The molecule has 0 aromatic carbocycles. The highest BCUT2D eigenvalue weighted by molar-refractivity contribution is 7.10. The van der Waals surface area contributed by atoms with E-state index in [0.717, 1.165) is 4.88 Å². The Balaban J connectivity index is 2.05. The van der Waals surface area contributed by atoms with Gasteiger partial charge < -0.3 is 16.2 Å². The lowest BCUT2D eigenvalue weighted by atomic mass is 9.93. The predicted molar refractivity (Wildman–Crippen MR) is 83.3 cm³/mol. The molecule has 2 aromatic rings. The molecule has 0 radical (unpaired) electrons. The Morgan fingerprint density at radius 2 is 2.41 bits per heavy atom. The number of anilines is 1. The van der Waals surface area contributed by atoms with Crippen molar-refractivity contribution in [2.75, 3.05) is 11.9 Å². The number of primary amides is 1. The first-order valence-electron chi connectivity index (χ1n) is 6.96. The van der Waals surface area contributed by atoms with Gasteiger partial charge in [0.2, 0.25) is 11.9 Å². The summed E-state index contributed by atoms with van der Waals surface area (Å²) in [6.45, 7) is 4.00. The summed E-state index contributed by atoms with van der Waals surface area (Å²) in [5.74, 6) is 0.136. The summed E-state index contributed by atoms with van der Waals surface area (Å²) in [6.07, 6.45) is 1.16. The largest absolute Gasteiger partial charge is 0.396 e. The molecule has 1 aliphatic rings. The zero-order chi connectivity index (χ0) is 15.7. The lowest BCUT2D eigenvalue weighted by Gasteiger charge is -2.31. The van der Waals surface area contributed by atoms with Gasteiger partial charge in [0, 0.05) is 23.6 Å². The molecule has 0 spiro atoms. The van der Waals surface area contributed by atoms with Gasteiger partial charge in [-0.05, 0) is 17.9 Å². The van der Waals surface area contributed by atoms with Crippen LogP contribution in [0.25, 0.3) is 0 Å². The van der Waals surface area contributed by atoms with E-state index in [4.69, 9.17) is 10.8 Å². The lowest BCUT2D eigenvalue weighted by Crippen LogP contribution is -2.39. The summed E-state index contributed by atoms with van der Waals surface area (Å²) in [5, 5.41) is 18.4. The van der Waals surface area contributed by atoms with Crippen molar-refractivity contribution in [2.24, 2.45) is 11.7 Å². The van der Waals surface area contributed by atoms with Crippen LogP contribution in [0.5, 0.6) is 0 Å². The summed E-state index contributed by atoms with van der Waals surface area (Å²) in [5.41, 5.74) is 6.10. The number of rotatable bonds is 5. The maximum Gasteiger partial charge on any atom is 0.229 e. The Hall–Kier alpha value is -2.19. The molecule has 0 aliphatic carbocycles. The van der Waals surface area contributed by atoms with E-state index < -0.39 is 11.8 Å². The topological polar surface area (TPSA) is 106 Å². The van der Waals surface area contributed by atoms with Crippen molar-refractivity contribution >= 4 is 23.2 Å². The van der Waals surface area contributed by atoms with Crippen molar-refractivity contribution in [1.29, 1.82) is 0 Å². The number of aliphatic hydroxyl groups is 1. The van der Waals surface area contributed by atoms with E-state index in [2.05, 4.69) is 22.0 Å². The summed E-state index contributed by atoms with van der Waals surface area (Å²) in [6, 6.07) is 3.53. The van der Waals surface area contributed by atoms with Crippen LogP contribution in [0.2, 0.25) is 0 Å². The van der Waals surface area contributed by atoms with Gasteiger partial charge in [0.1, 0.15) is 12.0 Å². The maximum atomic E-state index is 11.9. The fraction of sp³-hybridized carbons (Fsp3) is 0.357. The summed E-state index contributed by atoms with van der Waals surface area (Å²) in [4.78, 5) is 17.3. The highest BCUT2D eigenvalue weighted by Crippen LogP contribution is 2.38. The van der Waals surface area contributed by atoms with E-state index in [1.165, 1.54) is 11.3 Å². The molecule has 0 saturated heterocycles. The molecule has 7 nitrogen and oxygen atoms in total. The number of fused-ring (bicyclic) bond motifs is 1. The van der Waals surface area contributed by atoms with Gasteiger partial charge in [-0.25, -0.2) is 4.68 Å². The Morgan fingerprint density at radius 1 is 1.59 bits per heavy atom. The monoisotopic (exact) mass is 319 g/mol. The van der Waals surface area contributed by atoms with Crippen molar-refractivity contribution in [3.05, 3.63) is 40.5 Å². The number of aromatic nitrogens is 3. The number of aliphatic hydroxyl groups excluding tert-OH is 1. The second-order valence-electron chi connectivity index (χ2n) is 5.11. The first kappa shape index (κ1) is 14.7. The normalized spacial score (nSPS) is 20.5. The van der Waals surface area contributed by atoms with Crippen LogP contribution < -0.4 is 11.1 Å². The molecule has 1 aliphatic heterocycles. The quantitative estimate of drug-likeness (QED) is 0.759. The average Bonchev–Trinajstić information content (AvgIpc) is 3.12. The molecule has 116 valence electrons. The minimum Gasteiger partial charge on any atom is -0.396 e. The number of nitrogens with one attached hydrogen (secondary N) is 1. The first-order chi connectivity index (χ1) is 10.6. The predicted octanol–water partition coefficient (Wildman–Crippen LogP) is 0.895. The van der Waals surface area contributed by atoms with E-state index >= 15 is 0 Å². The number of nitrogens with zero attached hydrogens (tertiary/aromatic N) is 3.